The Morgan fingerprint density at radius 3 is 2.83 bits per heavy atom. The number of hydrogen-bond donors (Lipinski definition) is 0. The van der Waals surface area contributed by atoms with Crippen LogP contribution in [0.2, 0.25) is 0 Å². The summed E-state index contributed by atoms with van der Waals surface area (Å²) in [6.45, 7) is 2.38. The van der Waals surface area contributed by atoms with Gasteiger partial charge in [-0.3, -0.25) is 4.79 Å². The van der Waals surface area contributed by atoms with Crippen molar-refractivity contribution >= 4 is 6.29 Å². The van der Waals surface area contributed by atoms with Crippen LogP contribution in [0.15, 0.2) is 24.3 Å². The third-order valence-corrected chi connectivity index (χ3v) is 2.79. The molecule has 0 aliphatic heterocycles. The van der Waals surface area contributed by atoms with Crippen molar-refractivity contribution in [1.82, 2.24) is 15.0 Å². The number of nitrogens with zero attached hydrogens (tertiary/aromatic N) is 3. The van der Waals surface area contributed by atoms with Crippen molar-refractivity contribution in [2.75, 3.05) is 7.11 Å². The molecule has 0 unspecified atom stereocenters. The molecule has 5 heteroatoms. The molecule has 0 fully saturated rings. The van der Waals surface area contributed by atoms with Crippen molar-refractivity contribution in [3.8, 4) is 5.69 Å². The summed E-state index contributed by atoms with van der Waals surface area (Å²) in [5.41, 5.74) is 3.08. The summed E-state index contributed by atoms with van der Waals surface area (Å²) < 4.78 is 6.78. The average molecular weight is 245 g/mol. The summed E-state index contributed by atoms with van der Waals surface area (Å²) in [6, 6.07) is 7.92. The number of aldehydes is 1. The number of carbonyl (C=O) groups is 1. The second-order valence-corrected chi connectivity index (χ2v) is 3.87. The maximum absolute atomic E-state index is 10.9. The topological polar surface area (TPSA) is 57.0 Å². The van der Waals surface area contributed by atoms with Crippen molar-refractivity contribution in [2.45, 2.75) is 20.0 Å². The third-order valence-electron chi connectivity index (χ3n) is 2.79. The molecule has 2 aromatic rings. The van der Waals surface area contributed by atoms with Gasteiger partial charge in [-0.05, 0) is 18.1 Å². The molecule has 1 aromatic heterocycles. The molecule has 0 aliphatic carbocycles. The van der Waals surface area contributed by atoms with Gasteiger partial charge in [0.25, 0.3) is 0 Å². The summed E-state index contributed by atoms with van der Waals surface area (Å²) in [4.78, 5) is 10.9. The standard InChI is InChI=1S/C13H15N3O2/c1-3-10-6-4-5-7-12(10)16-13(9-18-2)11(8-17)14-15-16/h4-8H,3,9H2,1-2H3. The molecular formula is C13H15N3O2. The van der Waals surface area contributed by atoms with Crippen molar-refractivity contribution in [3.63, 3.8) is 0 Å². The summed E-state index contributed by atoms with van der Waals surface area (Å²) >= 11 is 0. The van der Waals surface area contributed by atoms with Crippen molar-refractivity contribution in [1.29, 1.82) is 0 Å². The highest BCUT2D eigenvalue weighted by Crippen LogP contribution is 2.17. The Kier molecular flexibility index (Phi) is 3.84. The molecule has 0 spiro atoms. The fraction of sp³-hybridized carbons (Fsp3) is 0.308. The number of carbonyl (C=O) groups excluding carboxylic acids is 1. The molecule has 18 heavy (non-hydrogen) atoms. The van der Waals surface area contributed by atoms with Crippen LogP contribution in [0, 0.1) is 0 Å². The van der Waals surface area contributed by atoms with Crippen LogP contribution in [0.1, 0.15) is 28.7 Å². The first-order chi connectivity index (χ1) is 8.81. The van der Waals surface area contributed by atoms with Crippen molar-refractivity contribution in [2.24, 2.45) is 0 Å². The van der Waals surface area contributed by atoms with Gasteiger partial charge in [0.05, 0.1) is 12.3 Å². The largest absolute Gasteiger partial charge is 0.378 e. The molecule has 0 saturated carbocycles. The number of aromatic nitrogens is 3. The van der Waals surface area contributed by atoms with Gasteiger partial charge in [0.2, 0.25) is 0 Å². The lowest BCUT2D eigenvalue weighted by atomic mass is 10.1. The van der Waals surface area contributed by atoms with Gasteiger partial charge in [0.15, 0.2) is 12.0 Å². The van der Waals surface area contributed by atoms with Crippen LogP contribution in [0.5, 0.6) is 0 Å². The van der Waals surface area contributed by atoms with E-state index in [0.717, 1.165) is 17.7 Å². The lowest BCUT2D eigenvalue weighted by Crippen LogP contribution is -2.07. The molecule has 0 atom stereocenters. The van der Waals surface area contributed by atoms with Gasteiger partial charge in [-0.15, -0.1) is 5.10 Å². The van der Waals surface area contributed by atoms with Crippen LogP contribution in [-0.4, -0.2) is 28.4 Å². The molecule has 94 valence electrons. The van der Waals surface area contributed by atoms with E-state index in [0.29, 0.717) is 24.3 Å². The molecule has 0 radical (unpaired) electrons. The van der Waals surface area contributed by atoms with Crippen molar-refractivity contribution < 1.29 is 9.53 Å². The summed E-state index contributed by atoms with van der Waals surface area (Å²) in [7, 11) is 1.58. The van der Waals surface area contributed by atoms with E-state index < -0.39 is 0 Å². The molecular weight excluding hydrogens is 230 g/mol. The SMILES string of the molecule is CCc1ccccc1-n1nnc(C=O)c1COC. The summed E-state index contributed by atoms with van der Waals surface area (Å²) in [5.74, 6) is 0. The Hall–Kier alpha value is -2.01. The predicted octanol–water partition coefficient (Wildman–Crippen LogP) is 1.79. The fourth-order valence-corrected chi connectivity index (χ4v) is 1.89. The molecule has 0 N–H and O–H groups in total. The second-order valence-electron chi connectivity index (χ2n) is 3.87. The number of para-hydroxylation sites is 1. The highest BCUT2D eigenvalue weighted by molar-refractivity contribution is 5.73. The number of hydrogen-bond acceptors (Lipinski definition) is 4. The van der Waals surface area contributed by atoms with Crippen LogP contribution in [0.4, 0.5) is 0 Å². The lowest BCUT2D eigenvalue weighted by Gasteiger charge is -2.10. The zero-order chi connectivity index (χ0) is 13.0. The number of aryl methyl sites for hydroxylation is 1. The van der Waals surface area contributed by atoms with Crippen LogP contribution in [0.3, 0.4) is 0 Å². The van der Waals surface area contributed by atoms with Gasteiger partial charge < -0.3 is 4.74 Å². The quantitative estimate of drug-likeness (QED) is 0.753. The first-order valence-electron chi connectivity index (χ1n) is 5.78. The van der Waals surface area contributed by atoms with Gasteiger partial charge in [0.1, 0.15) is 5.69 Å². The van der Waals surface area contributed by atoms with E-state index in [1.165, 1.54) is 0 Å². The van der Waals surface area contributed by atoms with E-state index in [1.54, 1.807) is 11.8 Å². The zero-order valence-corrected chi connectivity index (χ0v) is 10.5. The normalized spacial score (nSPS) is 10.6. The average Bonchev–Trinajstić information content (AvgIpc) is 2.82. The first kappa shape index (κ1) is 12.4. The van der Waals surface area contributed by atoms with Gasteiger partial charge >= 0.3 is 0 Å². The molecule has 0 saturated heterocycles. The minimum atomic E-state index is 0.305. The minimum absolute atomic E-state index is 0.305. The highest BCUT2D eigenvalue weighted by atomic mass is 16.5. The maximum atomic E-state index is 10.9. The summed E-state index contributed by atoms with van der Waals surface area (Å²) in [6.07, 6.45) is 1.59. The van der Waals surface area contributed by atoms with Gasteiger partial charge in [-0.25, -0.2) is 4.68 Å². The smallest absolute Gasteiger partial charge is 0.172 e. The number of methoxy groups -OCH3 is 1. The Balaban J connectivity index is 2.56. The Labute approximate surface area is 105 Å². The molecule has 1 aromatic carbocycles. The minimum Gasteiger partial charge on any atom is -0.378 e. The number of ether oxygens (including phenoxy) is 1. The third kappa shape index (κ3) is 2.17. The van der Waals surface area contributed by atoms with Crippen LogP contribution in [-0.2, 0) is 17.8 Å². The highest BCUT2D eigenvalue weighted by Gasteiger charge is 2.15. The molecule has 1 heterocycles. The van der Waals surface area contributed by atoms with E-state index in [9.17, 15) is 4.79 Å². The van der Waals surface area contributed by atoms with Gasteiger partial charge in [-0.2, -0.15) is 0 Å². The van der Waals surface area contributed by atoms with Crippen molar-refractivity contribution in [3.05, 3.63) is 41.2 Å². The van der Waals surface area contributed by atoms with Gasteiger partial charge in [0, 0.05) is 7.11 Å². The van der Waals surface area contributed by atoms with Crippen LogP contribution in [0.25, 0.3) is 5.69 Å². The van der Waals surface area contributed by atoms with E-state index in [2.05, 4.69) is 17.2 Å². The summed E-state index contributed by atoms with van der Waals surface area (Å²) in [5, 5.41) is 7.91. The van der Waals surface area contributed by atoms with Gasteiger partial charge in [-0.1, -0.05) is 30.3 Å². The monoisotopic (exact) mass is 245 g/mol. The first-order valence-corrected chi connectivity index (χ1v) is 5.78. The number of rotatable bonds is 5. The van der Waals surface area contributed by atoms with E-state index in [4.69, 9.17) is 4.74 Å². The Bertz CT molecular complexity index is 549. The Morgan fingerprint density at radius 2 is 2.17 bits per heavy atom. The van der Waals surface area contributed by atoms with E-state index in [1.807, 2.05) is 24.3 Å². The van der Waals surface area contributed by atoms with Crippen LogP contribution >= 0.6 is 0 Å². The molecule has 2 rings (SSSR count). The number of benzene rings is 1. The predicted molar refractivity (Wildman–Crippen MR) is 66.8 cm³/mol. The molecule has 0 amide bonds. The van der Waals surface area contributed by atoms with E-state index >= 15 is 0 Å². The second kappa shape index (κ2) is 5.55. The van der Waals surface area contributed by atoms with E-state index in [-0.39, 0.29) is 0 Å². The van der Waals surface area contributed by atoms with Crippen LogP contribution < -0.4 is 0 Å². The maximum Gasteiger partial charge on any atom is 0.172 e. The molecule has 5 nitrogen and oxygen atoms in total. The molecule has 0 aliphatic rings. The lowest BCUT2D eigenvalue weighted by molar-refractivity contribution is 0.111. The molecule has 0 bridgehead atoms. The Morgan fingerprint density at radius 1 is 1.39 bits per heavy atom. The zero-order valence-electron chi connectivity index (χ0n) is 10.5. The fourth-order valence-electron chi connectivity index (χ4n) is 1.89.